The van der Waals surface area contributed by atoms with Gasteiger partial charge in [0.2, 0.25) is 11.5 Å². The molecule has 2 aromatic heterocycles. The first-order valence-corrected chi connectivity index (χ1v) is 12.3. The summed E-state index contributed by atoms with van der Waals surface area (Å²) in [5.74, 6) is -0.173. The Bertz CT molecular complexity index is 1260. The smallest absolute Gasteiger partial charge is 0.258 e. The summed E-state index contributed by atoms with van der Waals surface area (Å²) in [4.78, 5) is 42.7. The highest BCUT2D eigenvalue weighted by Crippen LogP contribution is 2.27. The minimum absolute atomic E-state index is 0.0308. The highest BCUT2D eigenvalue weighted by atomic mass is 32.1. The molecule has 0 fully saturated rings. The van der Waals surface area contributed by atoms with Crippen molar-refractivity contribution in [2.24, 2.45) is 0 Å². The zero-order valence-corrected chi connectivity index (χ0v) is 19.9. The van der Waals surface area contributed by atoms with E-state index in [1.165, 1.54) is 40.8 Å². The number of aromatic nitrogens is 2. The van der Waals surface area contributed by atoms with E-state index in [4.69, 9.17) is 0 Å². The topological polar surface area (TPSA) is 104 Å². The van der Waals surface area contributed by atoms with Crippen molar-refractivity contribution < 1.29 is 9.59 Å². The molecule has 0 spiro atoms. The van der Waals surface area contributed by atoms with Crippen molar-refractivity contribution in [3.63, 3.8) is 0 Å². The predicted molar refractivity (Wildman–Crippen MR) is 138 cm³/mol. The number of amides is 2. The number of carbonyl (C=O) groups excluding carboxylic acids is 2. The van der Waals surface area contributed by atoms with Crippen molar-refractivity contribution >= 4 is 28.3 Å². The van der Waals surface area contributed by atoms with Gasteiger partial charge in [0.25, 0.3) is 5.91 Å². The van der Waals surface area contributed by atoms with Crippen molar-refractivity contribution in [2.75, 3.05) is 11.9 Å². The Morgan fingerprint density at radius 3 is 2.26 bits per heavy atom. The molecule has 2 aromatic carbocycles. The fourth-order valence-electron chi connectivity index (χ4n) is 3.78. The van der Waals surface area contributed by atoms with E-state index >= 15 is 0 Å². The Kier molecular flexibility index (Phi) is 8.19. The number of aromatic amines is 1. The van der Waals surface area contributed by atoms with E-state index in [1.54, 1.807) is 0 Å². The molecule has 0 saturated heterocycles. The molecule has 0 bridgehead atoms. The Hall–Kier alpha value is -4.04. The third-order valence-corrected chi connectivity index (χ3v) is 6.39. The summed E-state index contributed by atoms with van der Waals surface area (Å²) < 4.78 is 0. The average Bonchev–Trinajstić information content (AvgIpc) is 3.34. The van der Waals surface area contributed by atoms with Crippen molar-refractivity contribution in [3.05, 3.63) is 117 Å². The van der Waals surface area contributed by atoms with Crippen LogP contribution in [0.4, 0.5) is 5.13 Å². The SMILES string of the molecule is O=C(CCc1csc(NC(=O)c2ccc(=O)[nH]c2)n1)NCCC(c1ccccc1)c1ccccc1. The van der Waals surface area contributed by atoms with Gasteiger partial charge in [-0.25, -0.2) is 4.98 Å². The van der Waals surface area contributed by atoms with Gasteiger partial charge in [-0.05, 0) is 30.0 Å². The van der Waals surface area contributed by atoms with Crippen LogP contribution in [-0.4, -0.2) is 28.3 Å². The minimum atomic E-state index is -0.355. The maximum absolute atomic E-state index is 12.4. The number of carbonyl (C=O) groups is 2. The van der Waals surface area contributed by atoms with Gasteiger partial charge in [0.05, 0.1) is 11.3 Å². The molecule has 4 rings (SSSR count). The van der Waals surface area contributed by atoms with Gasteiger partial charge in [-0.2, -0.15) is 0 Å². The molecule has 3 N–H and O–H groups in total. The molecular weight excluding hydrogens is 460 g/mol. The van der Waals surface area contributed by atoms with Crippen LogP contribution in [0, 0.1) is 0 Å². The zero-order valence-electron chi connectivity index (χ0n) is 19.1. The second kappa shape index (κ2) is 11.9. The van der Waals surface area contributed by atoms with Crippen molar-refractivity contribution in [1.29, 1.82) is 0 Å². The first-order chi connectivity index (χ1) is 17.1. The number of thiazole rings is 1. The molecule has 0 radical (unpaired) electrons. The second-order valence-electron chi connectivity index (χ2n) is 8.05. The number of pyridine rings is 1. The average molecular weight is 487 g/mol. The van der Waals surface area contributed by atoms with Crippen LogP contribution < -0.4 is 16.2 Å². The normalized spacial score (nSPS) is 10.8. The van der Waals surface area contributed by atoms with E-state index in [2.05, 4.69) is 44.9 Å². The second-order valence-corrected chi connectivity index (χ2v) is 8.91. The predicted octanol–water partition coefficient (Wildman–Crippen LogP) is 4.35. The molecule has 35 heavy (non-hydrogen) atoms. The lowest BCUT2D eigenvalue weighted by molar-refractivity contribution is -0.121. The zero-order chi connectivity index (χ0) is 24.5. The molecule has 0 aliphatic rings. The summed E-state index contributed by atoms with van der Waals surface area (Å²) in [5, 5.41) is 8.01. The van der Waals surface area contributed by atoms with Gasteiger partial charge in [0, 0.05) is 36.5 Å². The number of aryl methyl sites for hydroxylation is 1. The number of hydrogen-bond acceptors (Lipinski definition) is 5. The summed E-state index contributed by atoms with van der Waals surface area (Å²) >= 11 is 1.30. The van der Waals surface area contributed by atoms with Crippen molar-refractivity contribution in [2.45, 2.75) is 25.2 Å². The van der Waals surface area contributed by atoms with E-state index < -0.39 is 0 Å². The van der Waals surface area contributed by atoms with Gasteiger partial charge in [-0.15, -0.1) is 11.3 Å². The number of rotatable bonds is 10. The Balaban J connectivity index is 1.25. The number of benzene rings is 2. The Labute approximate surface area is 207 Å². The first-order valence-electron chi connectivity index (χ1n) is 11.4. The van der Waals surface area contributed by atoms with E-state index in [1.807, 2.05) is 41.8 Å². The maximum Gasteiger partial charge on any atom is 0.258 e. The van der Waals surface area contributed by atoms with Gasteiger partial charge < -0.3 is 10.3 Å². The number of nitrogens with one attached hydrogen (secondary N) is 3. The summed E-state index contributed by atoms with van der Waals surface area (Å²) in [6, 6.07) is 23.4. The highest BCUT2D eigenvalue weighted by molar-refractivity contribution is 7.14. The molecule has 0 aliphatic carbocycles. The fraction of sp³-hybridized carbons (Fsp3) is 0.185. The molecular formula is C27H26N4O3S. The van der Waals surface area contributed by atoms with Gasteiger partial charge in [0.15, 0.2) is 5.13 Å². The lowest BCUT2D eigenvalue weighted by Gasteiger charge is -2.18. The molecule has 0 atom stereocenters. The number of hydrogen-bond donors (Lipinski definition) is 3. The van der Waals surface area contributed by atoms with Crippen LogP contribution >= 0.6 is 11.3 Å². The van der Waals surface area contributed by atoms with Crippen LogP contribution in [0.2, 0.25) is 0 Å². The van der Waals surface area contributed by atoms with Gasteiger partial charge >= 0.3 is 0 Å². The van der Waals surface area contributed by atoms with E-state index in [-0.39, 0.29) is 23.3 Å². The van der Waals surface area contributed by atoms with Crippen molar-refractivity contribution in [1.82, 2.24) is 15.3 Å². The molecule has 178 valence electrons. The summed E-state index contributed by atoms with van der Waals surface area (Å²) in [6.45, 7) is 0.574. The summed E-state index contributed by atoms with van der Waals surface area (Å²) in [7, 11) is 0. The van der Waals surface area contributed by atoms with Gasteiger partial charge in [-0.1, -0.05) is 60.7 Å². The van der Waals surface area contributed by atoms with E-state index in [0.29, 0.717) is 30.1 Å². The molecule has 2 amide bonds. The molecule has 0 unspecified atom stereocenters. The number of H-pyrrole nitrogens is 1. The lowest BCUT2D eigenvalue weighted by atomic mass is 9.88. The minimum Gasteiger partial charge on any atom is -0.356 e. The van der Waals surface area contributed by atoms with Gasteiger partial charge in [-0.3, -0.25) is 19.7 Å². The number of anilines is 1. The largest absolute Gasteiger partial charge is 0.356 e. The standard InChI is InChI=1S/C27H26N4O3S/c32-24(28-16-15-23(19-7-3-1-4-8-19)20-9-5-2-6-10-20)14-12-22-18-35-27(30-22)31-26(34)21-11-13-25(33)29-17-21/h1-11,13,17-18,23H,12,14-16H2,(H,28,32)(H,29,33)(H,30,31,34). The third-order valence-electron chi connectivity index (χ3n) is 5.59. The monoisotopic (exact) mass is 486 g/mol. The summed E-state index contributed by atoms with van der Waals surface area (Å²) in [5.41, 5.74) is 3.27. The third kappa shape index (κ3) is 6.97. The number of nitrogens with zero attached hydrogens (tertiary/aromatic N) is 1. The quantitative estimate of drug-likeness (QED) is 0.310. The fourth-order valence-corrected chi connectivity index (χ4v) is 4.52. The molecule has 2 heterocycles. The molecule has 7 nitrogen and oxygen atoms in total. The molecule has 8 heteroatoms. The van der Waals surface area contributed by atoms with E-state index in [0.717, 1.165) is 12.1 Å². The highest BCUT2D eigenvalue weighted by Gasteiger charge is 2.15. The maximum atomic E-state index is 12.4. The van der Waals surface area contributed by atoms with Crippen LogP contribution in [0.5, 0.6) is 0 Å². The Morgan fingerprint density at radius 2 is 1.63 bits per heavy atom. The van der Waals surface area contributed by atoms with Crippen LogP contribution in [-0.2, 0) is 11.2 Å². The lowest BCUT2D eigenvalue weighted by Crippen LogP contribution is -2.26. The Morgan fingerprint density at radius 1 is 0.943 bits per heavy atom. The van der Waals surface area contributed by atoms with Crippen molar-refractivity contribution in [3.8, 4) is 0 Å². The van der Waals surface area contributed by atoms with Gasteiger partial charge in [0.1, 0.15) is 0 Å². The van der Waals surface area contributed by atoms with Crippen LogP contribution in [0.25, 0.3) is 0 Å². The molecule has 0 aliphatic heterocycles. The van der Waals surface area contributed by atoms with E-state index in [9.17, 15) is 14.4 Å². The molecule has 4 aromatic rings. The first kappa shape index (κ1) is 24.1. The summed E-state index contributed by atoms with van der Waals surface area (Å²) in [6.07, 6.45) is 2.96. The van der Waals surface area contributed by atoms with Crippen LogP contribution in [0.1, 0.15) is 45.9 Å². The molecule has 0 saturated carbocycles. The van der Waals surface area contributed by atoms with Crippen LogP contribution in [0.15, 0.2) is 89.2 Å². The van der Waals surface area contributed by atoms with Crippen LogP contribution in [0.3, 0.4) is 0 Å².